The minimum Gasteiger partial charge on any atom is -0.320 e. The van der Waals surface area contributed by atoms with E-state index in [2.05, 4.69) is 15.2 Å². The van der Waals surface area contributed by atoms with Gasteiger partial charge in [-0.05, 0) is 50.2 Å². The molecule has 1 aliphatic heterocycles. The van der Waals surface area contributed by atoms with Crippen LogP contribution in [0.1, 0.15) is 29.0 Å². The maximum Gasteiger partial charge on any atom is 0.449 e. The number of alkyl halides is 3. The van der Waals surface area contributed by atoms with Gasteiger partial charge in [0.05, 0.1) is 26.8 Å². The highest BCUT2D eigenvalue weighted by atomic mass is 35.5. The first-order chi connectivity index (χ1) is 14.8. The topological polar surface area (TPSA) is 50.2 Å². The lowest BCUT2D eigenvalue weighted by Crippen LogP contribution is -2.26. The van der Waals surface area contributed by atoms with Crippen LogP contribution in [-0.2, 0) is 12.7 Å². The number of carbonyl (C=O) groups is 1. The number of halogens is 5. The van der Waals surface area contributed by atoms with Crippen LogP contribution in [-0.4, -0.2) is 40.0 Å². The Morgan fingerprint density at radius 2 is 1.68 bits per heavy atom. The minimum atomic E-state index is -4.63. The second-order valence-corrected chi connectivity index (χ2v) is 8.17. The molecule has 0 atom stereocenters. The van der Waals surface area contributed by atoms with Crippen molar-refractivity contribution in [1.82, 2.24) is 14.5 Å². The van der Waals surface area contributed by atoms with Crippen LogP contribution < -0.4 is 5.32 Å². The highest BCUT2D eigenvalue weighted by molar-refractivity contribution is 6.40. The first-order valence-electron chi connectivity index (χ1n) is 9.80. The third kappa shape index (κ3) is 4.51. The standard InChI is InChI=1S/C21H19Cl2F3N4O/c22-13-5-3-6-14(23)17(13)19(31)27-15-7-4-8-16-18(15)28-20(21(24,25)26)30(16)12-11-29-9-1-2-10-29/h3-8H,1-2,9-12H2,(H,27,31). The molecule has 1 amide bonds. The molecular formula is C21H19Cl2F3N4O. The zero-order valence-electron chi connectivity index (χ0n) is 16.3. The Hall–Kier alpha value is -2.29. The number of carbonyl (C=O) groups excluding carboxylic acids is 1. The summed E-state index contributed by atoms with van der Waals surface area (Å²) in [5.41, 5.74) is 0.568. The molecule has 1 fully saturated rings. The molecule has 3 aromatic rings. The van der Waals surface area contributed by atoms with Crippen LogP contribution in [0.4, 0.5) is 18.9 Å². The van der Waals surface area contributed by atoms with Crippen molar-refractivity contribution in [3.8, 4) is 0 Å². The molecule has 0 saturated carbocycles. The Morgan fingerprint density at radius 3 is 2.32 bits per heavy atom. The van der Waals surface area contributed by atoms with Gasteiger partial charge in [-0.2, -0.15) is 13.2 Å². The van der Waals surface area contributed by atoms with E-state index in [-0.39, 0.29) is 33.4 Å². The molecule has 1 N–H and O–H groups in total. The van der Waals surface area contributed by atoms with Crippen LogP contribution in [0.3, 0.4) is 0 Å². The maximum absolute atomic E-state index is 13.7. The largest absolute Gasteiger partial charge is 0.449 e. The Morgan fingerprint density at radius 1 is 1.03 bits per heavy atom. The summed E-state index contributed by atoms with van der Waals surface area (Å²) in [6.07, 6.45) is -2.52. The van der Waals surface area contributed by atoms with E-state index in [1.54, 1.807) is 18.2 Å². The predicted octanol–water partition coefficient (Wildman–Crippen LogP) is 5.71. The molecule has 1 saturated heterocycles. The fourth-order valence-corrected chi connectivity index (χ4v) is 4.41. The van der Waals surface area contributed by atoms with Crippen LogP contribution in [0, 0.1) is 0 Å². The van der Waals surface area contributed by atoms with E-state index in [1.165, 1.54) is 22.8 Å². The number of fused-ring (bicyclic) bond motifs is 1. The molecule has 4 rings (SSSR count). The summed E-state index contributed by atoms with van der Waals surface area (Å²) in [5.74, 6) is -1.61. The number of likely N-dealkylation sites (tertiary alicyclic amines) is 1. The first-order valence-corrected chi connectivity index (χ1v) is 10.6. The van der Waals surface area contributed by atoms with Gasteiger partial charge in [-0.1, -0.05) is 35.3 Å². The molecule has 0 aliphatic carbocycles. The second-order valence-electron chi connectivity index (χ2n) is 7.36. The van der Waals surface area contributed by atoms with Crippen molar-refractivity contribution >= 4 is 45.8 Å². The Kier molecular flexibility index (Phi) is 6.14. The molecule has 0 spiro atoms. The number of hydrogen-bond acceptors (Lipinski definition) is 3. The lowest BCUT2D eigenvalue weighted by atomic mass is 10.2. The van der Waals surface area contributed by atoms with Crippen molar-refractivity contribution < 1.29 is 18.0 Å². The van der Waals surface area contributed by atoms with Gasteiger partial charge in [-0.15, -0.1) is 0 Å². The number of amides is 1. The monoisotopic (exact) mass is 470 g/mol. The van der Waals surface area contributed by atoms with Crippen LogP contribution in [0.5, 0.6) is 0 Å². The molecule has 2 heterocycles. The van der Waals surface area contributed by atoms with E-state index in [1.807, 2.05) is 0 Å². The predicted molar refractivity (Wildman–Crippen MR) is 115 cm³/mol. The van der Waals surface area contributed by atoms with E-state index in [0.29, 0.717) is 12.1 Å². The molecule has 31 heavy (non-hydrogen) atoms. The van der Waals surface area contributed by atoms with Crippen molar-refractivity contribution in [1.29, 1.82) is 0 Å². The maximum atomic E-state index is 13.7. The Balaban J connectivity index is 1.71. The zero-order chi connectivity index (χ0) is 22.2. The number of anilines is 1. The molecule has 1 aliphatic rings. The molecule has 0 unspecified atom stereocenters. The van der Waals surface area contributed by atoms with Crippen LogP contribution in [0.2, 0.25) is 10.0 Å². The molecule has 5 nitrogen and oxygen atoms in total. The first kappa shape index (κ1) is 21.9. The van der Waals surface area contributed by atoms with E-state index >= 15 is 0 Å². The summed E-state index contributed by atoms with van der Waals surface area (Å²) in [4.78, 5) is 18.7. The van der Waals surface area contributed by atoms with E-state index in [4.69, 9.17) is 23.2 Å². The summed E-state index contributed by atoms with van der Waals surface area (Å²) in [7, 11) is 0. The van der Waals surface area contributed by atoms with Crippen LogP contribution >= 0.6 is 23.2 Å². The molecule has 0 bridgehead atoms. The number of para-hydroxylation sites is 1. The minimum absolute atomic E-state index is 0.0485. The lowest BCUT2D eigenvalue weighted by Gasteiger charge is -2.17. The van der Waals surface area contributed by atoms with E-state index in [9.17, 15) is 18.0 Å². The lowest BCUT2D eigenvalue weighted by molar-refractivity contribution is -0.147. The highest BCUT2D eigenvalue weighted by Crippen LogP contribution is 2.34. The SMILES string of the molecule is O=C(Nc1cccc2c1nc(C(F)(F)F)n2CCN1CCCC1)c1c(Cl)cccc1Cl. The third-order valence-electron chi connectivity index (χ3n) is 5.31. The number of rotatable bonds is 5. The van der Waals surface area contributed by atoms with Crippen LogP contribution in [0.25, 0.3) is 11.0 Å². The van der Waals surface area contributed by atoms with Gasteiger partial charge < -0.3 is 14.8 Å². The molecule has 0 radical (unpaired) electrons. The van der Waals surface area contributed by atoms with E-state index < -0.39 is 17.9 Å². The highest BCUT2D eigenvalue weighted by Gasteiger charge is 2.38. The zero-order valence-corrected chi connectivity index (χ0v) is 17.9. The fourth-order valence-electron chi connectivity index (χ4n) is 3.84. The van der Waals surface area contributed by atoms with Crippen molar-refractivity contribution in [3.05, 3.63) is 57.8 Å². The van der Waals surface area contributed by atoms with Gasteiger partial charge in [-0.25, -0.2) is 4.98 Å². The number of nitrogens with one attached hydrogen (secondary N) is 1. The average Bonchev–Trinajstić information content (AvgIpc) is 3.34. The molecule has 164 valence electrons. The molecule has 2 aromatic carbocycles. The summed E-state index contributed by atoms with van der Waals surface area (Å²) < 4.78 is 42.4. The van der Waals surface area contributed by atoms with Crippen molar-refractivity contribution in [2.75, 3.05) is 25.0 Å². The van der Waals surface area contributed by atoms with Gasteiger partial charge >= 0.3 is 6.18 Å². The van der Waals surface area contributed by atoms with Gasteiger partial charge in [0, 0.05) is 13.1 Å². The number of hydrogen-bond donors (Lipinski definition) is 1. The number of nitrogens with zero attached hydrogens (tertiary/aromatic N) is 3. The van der Waals surface area contributed by atoms with Crippen molar-refractivity contribution in [2.24, 2.45) is 0 Å². The Labute approximate surface area is 186 Å². The second kappa shape index (κ2) is 8.68. The molecule has 10 heteroatoms. The third-order valence-corrected chi connectivity index (χ3v) is 5.94. The normalized spacial score (nSPS) is 15.0. The van der Waals surface area contributed by atoms with Gasteiger partial charge in [0.1, 0.15) is 5.52 Å². The molecular weight excluding hydrogens is 452 g/mol. The van der Waals surface area contributed by atoms with Gasteiger partial charge in [0.25, 0.3) is 5.91 Å². The van der Waals surface area contributed by atoms with Crippen molar-refractivity contribution in [2.45, 2.75) is 25.6 Å². The van der Waals surface area contributed by atoms with Crippen molar-refractivity contribution in [3.63, 3.8) is 0 Å². The van der Waals surface area contributed by atoms with Gasteiger partial charge in [0.2, 0.25) is 5.82 Å². The van der Waals surface area contributed by atoms with Crippen LogP contribution in [0.15, 0.2) is 36.4 Å². The summed E-state index contributed by atoms with van der Waals surface area (Å²) in [6.45, 7) is 2.42. The number of aromatic nitrogens is 2. The fraction of sp³-hybridized carbons (Fsp3) is 0.333. The Bertz CT molecular complexity index is 1100. The average molecular weight is 471 g/mol. The number of benzene rings is 2. The summed E-state index contributed by atoms with van der Waals surface area (Å²) >= 11 is 12.2. The van der Waals surface area contributed by atoms with Gasteiger partial charge in [0.15, 0.2) is 0 Å². The summed E-state index contributed by atoms with van der Waals surface area (Å²) in [5, 5.41) is 2.90. The quantitative estimate of drug-likeness (QED) is 0.519. The number of imidazole rings is 1. The molecule has 1 aromatic heterocycles. The van der Waals surface area contributed by atoms with Gasteiger partial charge in [-0.3, -0.25) is 4.79 Å². The van der Waals surface area contributed by atoms with E-state index in [0.717, 1.165) is 25.9 Å². The smallest absolute Gasteiger partial charge is 0.320 e. The summed E-state index contributed by atoms with van der Waals surface area (Å²) in [6, 6.07) is 9.28.